The Morgan fingerprint density at radius 1 is 1.56 bits per heavy atom. The Morgan fingerprint density at radius 3 is 2.81 bits per heavy atom. The number of aryl methyl sites for hydroxylation is 1. The summed E-state index contributed by atoms with van der Waals surface area (Å²) >= 11 is 6.09. The fourth-order valence-electron chi connectivity index (χ4n) is 1.45. The number of carbonyl (C=O) groups excluding carboxylic acids is 1. The first-order chi connectivity index (χ1) is 7.49. The largest absolute Gasteiger partial charge is 0.370 e. The number of carbonyl (C=O) groups is 1. The third kappa shape index (κ3) is 4.21. The van der Waals surface area contributed by atoms with Gasteiger partial charge in [0.2, 0.25) is 5.91 Å². The van der Waals surface area contributed by atoms with Crippen molar-refractivity contribution < 1.29 is 4.79 Å². The van der Waals surface area contributed by atoms with Crippen molar-refractivity contribution in [1.82, 2.24) is 5.32 Å². The number of rotatable bonds is 5. The van der Waals surface area contributed by atoms with Crippen LogP contribution in [0.3, 0.4) is 0 Å². The van der Waals surface area contributed by atoms with Gasteiger partial charge in [0.25, 0.3) is 0 Å². The van der Waals surface area contributed by atoms with Crippen molar-refractivity contribution in [1.29, 1.82) is 0 Å². The molecule has 4 heteroatoms. The summed E-state index contributed by atoms with van der Waals surface area (Å²) in [5.41, 5.74) is 7.28. The molecule has 1 aromatic carbocycles. The standard InChI is InChI=1S/C12H17ClN2O/c1-8-3-4-10(11(13)5-8)7-15-9(2)6-12(14)16/h3-5,9,15H,6-7H2,1-2H3,(H2,14,16). The van der Waals surface area contributed by atoms with Crippen molar-refractivity contribution in [2.45, 2.75) is 32.9 Å². The summed E-state index contributed by atoms with van der Waals surface area (Å²) in [7, 11) is 0. The van der Waals surface area contributed by atoms with Gasteiger partial charge in [-0.25, -0.2) is 0 Å². The van der Waals surface area contributed by atoms with Gasteiger partial charge in [-0.3, -0.25) is 4.79 Å². The van der Waals surface area contributed by atoms with Crippen LogP contribution in [0, 0.1) is 6.92 Å². The summed E-state index contributed by atoms with van der Waals surface area (Å²) in [6.45, 7) is 4.57. The molecule has 1 atom stereocenters. The minimum Gasteiger partial charge on any atom is -0.370 e. The highest BCUT2D eigenvalue weighted by molar-refractivity contribution is 6.31. The van der Waals surface area contributed by atoms with Gasteiger partial charge in [-0.05, 0) is 31.0 Å². The van der Waals surface area contributed by atoms with Gasteiger partial charge in [-0.1, -0.05) is 23.7 Å². The Balaban J connectivity index is 2.51. The SMILES string of the molecule is Cc1ccc(CNC(C)CC(N)=O)c(Cl)c1. The van der Waals surface area contributed by atoms with Crippen LogP contribution in [0.4, 0.5) is 0 Å². The quantitative estimate of drug-likeness (QED) is 0.827. The predicted octanol–water partition coefficient (Wildman–Crippen LogP) is 2.00. The second-order valence-electron chi connectivity index (χ2n) is 4.05. The van der Waals surface area contributed by atoms with Crippen LogP contribution in [0.5, 0.6) is 0 Å². The van der Waals surface area contributed by atoms with Crippen LogP contribution in [0.25, 0.3) is 0 Å². The van der Waals surface area contributed by atoms with Gasteiger partial charge in [0.05, 0.1) is 0 Å². The van der Waals surface area contributed by atoms with Crippen LogP contribution in [-0.4, -0.2) is 11.9 Å². The zero-order valence-corrected chi connectivity index (χ0v) is 10.3. The van der Waals surface area contributed by atoms with Gasteiger partial charge in [0.15, 0.2) is 0 Å². The van der Waals surface area contributed by atoms with Crippen molar-refractivity contribution in [2.24, 2.45) is 5.73 Å². The molecule has 1 amide bonds. The van der Waals surface area contributed by atoms with Crippen LogP contribution < -0.4 is 11.1 Å². The molecule has 0 aromatic heterocycles. The predicted molar refractivity (Wildman–Crippen MR) is 66.3 cm³/mol. The van der Waals surface area contributed by atoms with Crippen LogP contribution >= 0.6 is 11.6 Å². The van der Waals surface area contributed by atoms with Crippen molar-refractivity contribution in [2.75, 3.05) is 0 Å². The summed E-state index contributed by atoms with van der Waals surface area (Å²) in [5.74, 6) is -0.296. The first kappa shape index (κ1) is 13.0. The zero-order chi connectivity index (χ0) is 12.1. The summed E-state index contributed by atoms with van der Waals surface area (Å²) < 4.78 is 0. The van der Waals surface area contributed by atoms with Gasteiger partial charge in [0.1, 0.15) is 0 Å². The summed E-state index contributed by atoms with van der Waals surface area (Å²) in [6.07, 6.45) is 0.337. The average Bonchev–Trinajstić information content (AvgIpc) is 2.15. The van der Waals surface area contributed by atoms with Gasteiger partial charge < -0.3 is 11.1 Å². The maximum atomic E-state index is 10.7. The van der Waals surface area contributed by atoms with Gasteiger partial charge >= 0.3 is 0 Å². The minimum atomic E-state index is -0.296. The molecule has 16 heavy (non-hydrogen) atoms. The molecule has 0 bridgehead atoms. The first-order valence-corrected chi connectivity index (χ1v) is 5.63. The minimum absolute atomic E-state index is 0.0647. The van der Waals surface area contributed by atoms with E-state index in [1.165, 1.54) is 0 Å². The maximum absolute atomic E-state index is 10.7. The number of benzene rings is 1. The molecule has 0 heterocycles. The van der Waals surface area contributed by atoms with E-state index in [0.717, 1.165) is 16.1 Å². The molecule has 3 N–H and O–H groups in total. The molecule has 0 saturated carbocycles. The smallest absolute Gasteiger partial charge is 0.218 e. The molecule has 1 unspecified atom stereocenters. The normalized spacial score (nSPS) is 12.4. The Bertz CT molecular complexity index is 379. The van der Waals surface area contributed by atoms with Crippen LogP contribution in [-0.2, 0) is 11.3 Å². The van der Waals surface area contributed by atoms with E-state index in [9.17, 15) is 4.79 Å². The molecule has 0 radical (unpaired) electrons. The maximum Gasteiger partial charge on any atom is 0.218 e. The molecule has 3 nitrogen and oxygen atoms in total. The number of primary amides is 1. The van der Waals surface area contributed by atoms with Crippen molar-refractivity contribution in [3.8, 4) is 0 Å². The van der Waals surface area contributed by atoms with E-state index in [-0.39, 0.29) is 11.9 Å². The Morgan fingerprint density at radius 2 is 2.25 bits per heavy atom. The molecule has 0 aliphatic carbocycles. The topological polar surface area (TPSA) is 55.1 Å². The van der Waals surface area contributed by atoms with E-state index < -0.39 is 0 Å². The molecule has 0 spiro atoms. The highest BCUT2D eigenvalue weighted by Crippen LogP contribution is 2.17. The number of hydrogen-bond donors (Lipinski definition) is 2. The highest BCUT2D eigenvalue weighted by Gasteiger charge is 2.06. The lowest BCUT2D eigenvalue weighted by Crippen LogP contribution is -2.30. The van der Waals surface area contributed by atoms with Gasteiger partial charge in [-0.15, -0.1) is 0 Å². The van der Waals surface area contributed by atoms with E-state index in [1.54, 1.807) is 0 Å². The van der Waals surface area contributed by atoms with E-state index in [1.807, 2.05) is 32.0 Å². The molecular formula is C12H17ClN2O. The van der Waals surface area contributed by atoms with E-state index in [4.69, 9.17) is 17.3 Å². The Labute approximate surface area is 101 Å². The van der Waals surface area contributed by atoms with E-state index in [0.29, 0.717) is 13.0 Å². The second-order valence-corrected chi connectivity index (χ2v) is 4.45. The molecule has 1 rings (SSSR count). The van der Waals surface area contributed by atoms with Crippen LogP contribution in [0.15, 0.2) is 18.2 Å². The molecule has 0 fully saturated rings. The fraction of sp³-hybridized carbons (Fsp3) is 0.417. The van der Waals surface area contributed by atoms with Crippen LogP contribution in [0.1, 0.15) is 24.5 Å². The van der Waals surface area contributed by atoms with Crippen molar-refractivity contribution >= 4 is 17.5 Å². The number of amides is 1. The average molecular weight is 241 g/mol. The van der Waals surface area contributed by atoms with E-state index in [2.05, 4.69) is 5.32 Å². The second kappa shape index (κ2) is 5.87. The molecule has 0 aliphatic rings. The zero-order valence-electron chi connectivity index (χ0n) is 9.59. The number of halogens is 1. The molecule has 0 aliphatic heterocycles. The number of nitrogens with one attached hydrogen (secondary N) is 1. The van der Waals surface area contributed by atoms with Crippen molar-refractivity contribution in [3.05, 3.63) is 34.3 Å². The lowest BCUT2D eigenvalue weighted by atomic mass is 10.1. The first-order valence-electron chi connectivity index (χ1n) is 5.25. The molecular weight excluding hydrogens is 224 g/mol. The molecule has 88 valence electrons. The highest BCUT2D eigenvalue weighted by atomic mass is 35.5. The van der Waals surface area contributed by atoms with Crippen molar-refractivity contribution in [3.63, 3.8) is 0 Å². The van der Waals surface area contributed by atoms with Gasteiger partial charge in [-0.2, -0.15) is 0 Å². The fourth-order valence-corrected chi connectivity index (χ4v) is 1.76. The Kier molecular flexibility index (Phi) is 4.77. The monoisotopic (exact) mass is 240 g/mol. The molecule has 1 aromatic rings. The summed E-state index contributed by atoms with van der Waals surface area (Å²) in [4.78, 5) is 10.7. The molecule has 0 saturated heterocycles. The van der Waals surface area contributed by atoms with E-state index >= 15 is 0 Å². The third-order valence-electron chi connectivity index (χ3n) is 2.36. The van der Waals surface area contributed by atoms with Crippen LogP contribution in [0.2, 0.25) is 5.02 Å². The lowest BCUT2D eigenvalue weighted by Gasteiger charge is -2.12. The number of hydrogen-bond acceptors (Lipinski definition) is 2. The summed E-state index contributed by atoms with van der Waals surface area (Å²) in [5, 5.41) is 3.95. The summed E-state index contributed by atoms with van der Waals surface area (Å²) in [6, 6.07) is 6.00. The Hall–Kier alpha value is -1.06. The third-order valence-corrected chi connectivity index (χ3v) is 2.71. The van der Waals surface area contributed by atoms with Gasteiger partial charge in [0, 0.05) is 24.0 Å². The lowest BCUT2D eigenvalue weighted by molar-refractivity contribution is -0.118. The number of nitrogens with two attached hydrogens (primary N) is 1.